The second kappa shape index (κ2) is 10.4. The van der Waals surface area contributed by atoms with Crippen molar-refractivity contribution in [3.05, 3.63) is 106 Å². The van der Waals surface area contributed by atoms with E-state index < -0.39 is 0 Å². The normalized spacial score (nSPS) is 19.4. The molecule has 6 rings (SSSR count). The molecule has 2 aromatic carbocycles. The molecule has 4 aromatic rings. The molecule has 0 radical (unpaired) electrons. The van der Waals surface area contributed by atoms with Crippen molar-refractivity contribution in [2.75, 3.05) is 13.1 Å². The van der Waals surface area contributed by atoms with Gasteiger partial charge in [0.1, 0.15) is 11.6 Å². The zero-order chi connectivity index (χ0) is 27.1. The summed E-state index contributed by atoms with van der Waals surface area (Å²) in [5.74, 6) is -0.922. The van der Waals surface area contributed by atoms with E-state index in [1.54, 1.807) is 37.5 Å². The molecular weight excluding hydrogens is 498 g/mol. The number of rotatable bonds is 7. The lowest BCUT2D eigenvalue weighted by Gasteiger charge is -2.35. The van der Waals surface area contributed by atoms with Gasteiger partial charge in [0.15, 0.2) is 0 Å². The van der Waals surface area contributed by atoms with Crippen LogP contribution >= 0.6 is 0 Å². The summed E-state index contributed by atoms with van der Waals surface area (Å²) in [5, 5.41) is 3.89. The number of carbonyl (C=O) groups excluding carboxylic acids is 1. The lowest BCUT2D eigenvalue weighted by molar-refractivity contribution is -0.138. The third-order valence-corrected chi connectivity index (χ3v) is 8.17. The molecule has 202 valence electrons. The molecule has 2 aliphatic rings. The van der Waals surface area contributed by atoms with Gasteiger partial charge >= 0.3 is 0 Å². The van der Waals surface area contributed by atoms with E-state index in [9.17, 15) is 14.0 Å². The van der Waals surface area contributed by atoms with E-state index in [-0.39, 0.29) is 41.0 Å². The average Bonchev–Trinajstić information content (AvgIpc) is 3.72. The lowest BCUT2D eigenvalue weighted by atomic mass is 9.80. The molecule has 0 bridgehead atoms. The maximum atomic E-state index is 15.2. The van der Waals surface area contributed by atoms with Crippen LogP contribution in [0.25, 0.3) is 10.9 Å². The maximum absolute atomic E-state index is 15.2. The SMILES string of the molecule is Cn1ccc([C@H]2CCNC[C@@H]2C(=O)N(Cc2cn(Cc3ccc(F)cc3)c3cccc(F)c23)C2CC2)cc1=O. The number of nitrogens with zero attached hydrogens (tertiary/aromatic N) is 3. The van der Waals surface area contributed by atoms with Gasteiger partial charge in [-0.1, -0.05) is 18.2 Å². The number of amides is 1. The number of aromatic nitrogens is 2. The molecule has 1 amide bonds. The monoisotopic (exact) mass is 530 g/mol. The fraction of sp³-hybridized carbons (Fsp3) is 0.355. The molecule has 1 saturated carbocycles. The van der Waals surface area contributed by atoms with Crippen LogP contribution in [0.2, 0.25) is 0 Å². The molecule has 2 atom stereocenters. The van der Waals surface area contributed by atoms with Gasteiger partial charge in [0.05, 0.1) is 11.4 Å². The third kappa shape index (κ3) is 5.13. The Hall–Kier alpha value is -3.78. The van der Waals surface area contributed by atoms with Gasteiger partial charge in [-0.2, -0.15) is 0 Å². The van der Waals surface area contributed by atoms with Crippen LogP contribution in [0.5, 0.6) is 0 Å². The molecule has 1 aliphatic carbocycles. The Morgan fingerprint density at radius 2 is 1.87 bits per heavy atom. The van der Waals surface area contributed by atoms with Gasteiger partial charge in [-0.25, -0.2) is 8.78 Å². The Labute approximate surface area is 225 Å². The minimum absolute atomic E-state index is 0.0474. The fourth-order valence-electron chi connectivity index (χ4n) is 5.91. The predicted octanol–water partition coefficient (Wildman–Crippen LogP) is 4.55. The van der Waals surface area contributed by atoms with Crippen molar-refractivity contribution in [3.63, 3.8) is 0 Å². The smallest absolute Gasteiger partial charge is 0.250 e. The van der Waals surface area contributed by atoms with Gasteiger partial charge in [-0.15, -0.1) is 0 Å². The van der Waals surface area contributed by atoms with Gasteiger partial charge in [-0.05, 0) is 78.7 Å². The summed E-state index contributed by atoms with van der Waals surface area (Å²) in [6.45, 7) is 2.12. The molecule has 0 unspecified atom stereocenters. The van der Waals surface area contributed by atoms with E-state index in [4.69, 9.17) is 0 Å². The number of carbonyl (C=O) groups is 1. The van der Waals surface area contributed by atoms with Gasteiger partial charge in [0.2, 0.25) is 5.91 Å². The molecule has 39 heavy (non-hydrogen) atoms. The summed E-state index contributed by atoms with van der Waals surface area (Å²) in [7, 11) is 1.72. The highest BCUT2D eigenvalue weighted by molar-refractivity contribution is 5.86. The highest BCUT2D eigenvalue weighted by atomic mass is 19.1. The molecule has 2 aromatic heterocycles. The zero-order valence-corrected chi connectivity index (χ0v) is 21.9. The topological polar surface area (TPSA) is 59.3 Å². The van der Waals surface area contributed by atoms with E-state index in [2.05, 4.69) is 5.32 Å². The largest absolute Gasteiger partial charge is 0.343 e. The summed E-state index contributed by atoms with van der Waals surface area (Å²) in [6, 6.07) is 15.1. The number of pyridine rings is 1. The maximum Gasteiger partial charge on any atom is 0.250 e. The zero-order valence-electron chi connectivity index (χ0n) is 21.9. The van der Waals surface area contributed by atoms with E-state index in [0.29, 0.717) is 25.0 Å². The lowest BCUT2D eigenvalue weighted by Crippen LogP contribution is -2.47. The first kappa shape index (κ1) is 25.5. The third-order valence-electron chi connectivity index (χ3n) is 8.17. The van der Waals surface area contributed by atoms with Gasteiger partial charge in [-0.3, -0.25) is 9.59 Å². The molecule has 1 saturated heterocycles. The van der Waals surface area contributed by atoms with Crippen LogP contribution in [0.15, 0.2) is 71.8 Å². The summed E-state index contributed by atoms with van der Waals surface area (Å²) < 4.78 is 32.2. The summed E-state index contributed by atoms with van der Waals surface area (Å²) in [4.78, 5) is 28.4. The van der Waals surface area contributed by atoms with Crippen molar-refractivity contribution in [1.29, 1.82) is 0 Å². The summed E-state index contributed by atoms with van der Waals surface area (Å²) >= 11 is 0. The van der Waals surface area contributed by atoms with E-state index >= 15 is 4.39 Å². The van der Waals surface area contributed by atoms with E-state index in [1.165, 1.54) is 22.8 Å². The number of fused-ring (bicyclic) bond motifs is 1. The van der Waals surface area contributed by atoms with Crippen LogP contribution in [0, 0.1) is 17.6 Å². The number of hydrogen-bond acceptors (Lipinski definition) is 3. The first-order valence-electron chi connectivity index (χ1n) is 13.6. The minimum atomic E-state index is -0.319. The quantitative estimate of drug-likeness (QED) is 0.382. The number of halogens is 2. The fourth-order valence-corrected chi connectivity index (χ4v) is 5.91. The van der Waals surface area contributed by atoms with Gasteiger partial charge in [0.25, 0.3) is 5.56 Å². The Bertz CT molecular complexity index is 1570. The number of nitrogens with one attached hydrogen (secondary N) is 1. The Balaban J connectivity index is 1.32. The van der Waals surface area contributed by atoms with E-state index in [1.807, 2.05) is 27.8 Å². The number of benzene rings is 2. The molecule has 1 aliphatic heterocycles. The Kier molecular flexibility index (Phi) is 6.81. The second-order valence-electron chi connectivity index (χ2n) is 10.9. The van der Waals surface area contributed by atoms with Crippen molar-refractivity contribution in [1.82, 2.24) is 19.4 Å². The number of hydrogen-bond donors (Lipinski definition) is 1. The van der Waals surface area contributed by atoms with Gasteiger partial charge < -0.3 is 19.4 Å². The van der Waals surface area contributed by atoms with Crippen LogP contribution in [-0.2, 0) is 24.9 Å². The van der Waals surface area contributed by atoms with Crippen LogP contribution in [0.4, 0.5) is 8.78 Å². The van der Waals surface area contributed by atoms with Gasteiger partial charge in [0, 0.05) is 56.6 Å². The predicted molar refractivity (Wildman–Crippen MR) is 146 cm³/mol. The first-order chi connectivity index (χ1) is 18.9. The van der Waals surface area contributed by atoms with Crippen molar-refractivity contribution in [3.8, 4) is 0 Å². The highest BCUT2D eigenvalue weighted by Crippen LogP contribution is 2.37. The Morgan fingerprint density at radius 3 is 2.62 bits per heavy atom. The molecular formula is C31H32F2N4O2. The molecule has 2 fully saturated rings. The number of aryl methyl sites for hydroxylation is 1. The average molecular weight is 531 g/mol. The van der Waals surface area contributed by atoms with Crippen LogP contribution in [0.1, 0.15) is 41.9 Å². The molecule has 0 spiro atoms. The summed E-state index contributed by atoms with van der Waals surface area (Å²) in [6.07, 6.45) is 6.32. The first-order valence-corrected chi connectivity index (χ1v) is 13.6. The molecule has 8 heteroatoms. The number of piperidine rings is 1. The van der Waals surface area contributed by atoms with Crippen LogP contribution in [0.3, 0.4) is 0 Å². The minimum Gasteiger partial charge on any atom is -0.343 e. The standard InChI is InChI=1S/C31H32F2N4O2/c1-35-14-12-21(15-29(35)38)25-11-13-34-16-26(25)31(39)37(24-9-10-24)19-22-18-36(17-20-5-7-23(32)8-6-20)28-4-2-3-27(33)30(22)28/h2-8,12,14-15,18,24-26,34H,9-11,13,16-17,19H2,1H3/t25-,26+/m1/s1. The van der Waals surface area contributed by atoms with Crippen LogP contribution in [-0.4, -0.2) is 39.1 Å². The second-order valence-corrected chi connectivity index (χ2v) is 10.9. The van der Waals surface area contributed by atoms with Crippen molar-refractivity contribution >= 4 is 16.8 Å². The van der Waals surface area contributed by atoms with Crippen molar-refractivity contribution in [2.24, 2.45) is 13.0 Å². The Morgan fingerprint density at radius 1 is 1.08 bits per heavy atom. The van der Waals surface area contributed by atoms with E-state index in [0.717, 1.165) is 48.0 Å². The highest BCUT2D eigenvalue weighted by Gasteiger charge is 2.40. The van der Waals surface area contributed by atoms with Crippen LogP contribution < -0.4 is 10.9 Å². The molecule has 3 heterocycles. The van der Waals surface area contributed by atoms with Crippen molar-refractivity contribution < 1.29 is 13.6 Å². The molecule has 1 N–H and O–H groups in total. The van der Waals surface area contributed by atoms with Crippen molar-refractivity contribution in [2.45, 2.75) is 44.3 Å². The summed E-state index contributed by atoms with van der Waals surface area (Å²) in [5.41, 5.74) is 3.23. The molecule has 6 nitrogen and oxygen atoms in total.